The van der Waals surface area contributed by atoms with E-state index >= 15 is 0 Å². The molecule has 0 bridgehead atoms. The molecule has 0 radical (unpaired) electrons. The first-order valence-corrected chi connectivity index (χ1v) is 11.6. The molecule has 0 spiro atoms. The zero-order chi connectivity index (χ0) is 20.1. The van der Waals surface area contributed by atoms with E-state index in [4.69, 9.17) is 13.3 Å². The molecule has 27 heavy (non-hydrogen) atoms. The Morgan fingerprint density at radius 3 is 1.96 bits per heavy atom. The fraction of sp³-hybridized carbons (Fsp3) is 0.600. The minimum atomic E-state index is -3.09. The van der Waals surface area contributed by atoms with Crippen LogP contribution in [0.1, 0.15) is 65.4 Å². The normalized spacial score (nSPS) is 12.4. The van der Waals surface area contributed by atoms with E-state index in [-0.39, 0.29) is 5.69 Å². The van der Waals surface area contributed by atoms with Crippen molar-refractivity contribution in [1.29, 1.82) is 0 Å². The molecule has 7 heteroatoms. The largest absolute Gasteiger partial charge is 0.537 e. The van der Waals surface area contributed by atoms with Gasteiger partial charge in [0.15, 0.2) is 0 Å². The van der Waals surface area contributed by atoms with Crippen LogP contribution in [0.3, 0.4) is 0 Å². The van der Waals surface area contributed by atoms with Gasteiger partial charge in [-0.2, -0.15) is 0 Å². The molecular formula is C20H33NO5Si. The van der Waals surface area contributed by atoms with Gasteiger partial charge in [-0.15, -0.1) is 0 Å². The highest BCUT2D eigenvalue weighted by Crippen LogP contribution is 2.31. The summed E-state index contributed by atoms with van der Waals surface area (Å²) in [4.78, 5) is 10.6. The highest BCUT2D eigenvalue weighted by atomic mass is 28.4. The van der Waals surface area contributed by atoms with Crippen molar-refractivity contribution in [3.8, 4) is 0 Å². The predicted molar refractivity (Wildman–Crippen MR) is 110 cm³/mol. The van der Waals surface area contributed by atoms with Crippen LogP contribution in [0.2, 0.25) is 0 Å². The Morgan fingerprint density at radius 1 is 0.963 bits per heavy atom. The molecule has 0 aliphatic carbocycles. The first-order chi connectivity index (χ1) is 13.0. The lowest BCUT2D eigenvalue weighted by atomic mass is 10.1. The number of non-ortho nitro benzene ring substituents is 1. The predicted octanol–water partition coefficient (Wildman–Crippen LogP) is 5.54. The topological polar surface area (TPSA) is 70.8 Å². The van der Waals surface area contributed by atoms with Gasteiger partial charge in [0.2, 0.25) is 0 Å². The fourth-order valence-corrected chi connectivity index (χ4v) is 5.70. The van der Waals surface area contributed by atoms with Crippen molar-refractivity contribution >= 4 is 19.7 Å². The molecule has 0 aromatic heterocycles. The maximum atomic E-state index is 11.0. The third-order valence-electron chi connectivity index (χ3n) is 4.13. The summed E-state index contributed by atoms with van der Waals surface area (Å²) in [5.41, 5.74) is 0.927. The van der Waals surface area contributed by atoms with E-state index in [2.05, 4.69) is 13.0 Å². The number of benzene rings is 1. The Kier molecular flexibility index (Phi) is 11.1. The average Bonchev–Trinajstić information content (AvgIpc) is 2.65. The summed E-state index contributed by atoms with van der Waals surface area (Å²) in [7, 11) is -3.09. The zero-order valence-electron chi connectivity index (χ0n) is 17.0. The third kappa shape index (κ3) is 7.18. The SMILES string of the molecule is CCCCCCC=C(c1ccc([N+](=O)[O-])cc1)[Si](OCC)(OCC)OCC. The van der Waals surface area contributed by atoms with Crippen LogP contribution in [0.15, 0.2) is 30.3 Å². The highest BCUT2D eigenvalue weighted by molar-refractivity contribution is 6.81. The van der Waals surface area contributed by atoms with Crippen LogP contribution in [-0.2, 0) is 13.3 Å². The maximum absolute atomic E-state index is 11.0. The summed E-state index contributed by atoms with van der Waals surface area (Å²) < 4.78 is 18.2. The van der Waals surface area contributed by atoms with Crippen LogP contribution >= 0.6 is 0 Å². The van der Waals surface area contributed by atoms with Crippen molar-refractivity contribution < 1.29 is 18.2 Å². The first kappa shape index (κ1) is 23.5. The first-order valence-electron chi connectivity index (χ1n) is 9.91. The monoisotopic (exact) mass is 395 g/mol. The van der Waals surface area contributed by atoms with Gasteiger partial charge in [-0.05, 0) is 51.3 Å². The number of nitrogens with zero attached hydrogens (tertiary/aromatic N) is 1. The second kappa shape index (κ2) is 12.8. The fourth-order valence-electron chi connectivity index (χ4n) is 2.93. The number of unbranched alkanes of at least 4 members (excludes halogenated alkanes) is 4. The van der Waals surface area contributed by atoms with Crippen LogP contribution in [0.4, 0.5) is 5.69 Å². The van der Waals surface area contributed by atoms with Gasteiger partial charge >= 0.3 is 8.80 Å². The van der Waals surface area contributed by atoms with Crippen molar-refractivity contribution in [3.63, 3.8) is 0 Å². The molecule has 0 fully saturated rings. The van der Waals surface area contributed by atoms with Crippen molar-refractivity contribution in [1.82, 2.24) is 0 Å². The minimum absolute atomic E-state index is 0.0672. The summed E-state index contributed by atoms with van der Waals surface area (Å²) >= 11 is 0. The molecule has 1 rings (SSSR count). The van der Waals surface area contributed by atoms with Gasteiger partial charge in [-0.1, -0.05) is 32.3 Å². The molecule has 1 aromatic rings. The van der Waals surface area contributed by atoms with Crippen molar-refractivity contribution in [2.75, 3.05) is 19.8 Å². The van der Waals surface area contributed by atoms with Crippen molar-refractivity contribution in [2.45, 2.75) is 59.8 Å². The van der Waals surface area contributed by atoms with Gasteiger partial charge in [0, 0.05) is 37.1 Å². The van der Waals surface area contributed by atoms with Gasteiger partial charge in [-0.25, -0.2) is 0 Å². The molecule has 0 saturated carbocycles. The Balaban J connectivity index is 3.27. The van der Waals surface area contributed by atoms with Gasteiger partial charge in [0.1, 0.15) is 0 Å². The zero-order valence-corrected chi connectivity index (χ0v) is 18.0. The van der Waals surface area contributed by atoms with Crippen molar-refractivity contribution in [2.24, 2.45) is 0 Å². The Hall–Kier alpha value is -1.54. The molecule has 0 unspecified atom stereocenters. The molecule has 0 amide bonds. The maximum Gasteiger partial charge on any atom is 0.537 e. The Labute approximate surface area is 164 Å². The van der Waals surface area contributed by atoms with Gasteiger partial charge in [0.25, 0.3) is 5.69 Å². The lowest BCUT2D eigenvalue weighted by Gasteiger charge is -2.31. The van der Waals surface area contributed by atoms with E-state index in [1.54, 1.807) is 12.1 Å². The standard InChI is InChI=1S/C20H33NO5Si/c1-5-9-10-11-12-13-20(18-14-16-19(17-15-18)21(22)23)27(24-6-2,25-7-3)26-8-4/h13-17H,5-12H2,1-4H3. The number of hydrogen-bond donors (Lipinski definition) is 0. The summed E-state index contributed by atoms with van der Waals surface area (Å²) in [6.07, 6.45) is 7.70. The summed E-state index contributed by atoms with van der Waals surface area (Å²) in [6, 6.07) is 6.55. The van der Waals surface area contributed by atoms with Crippen LogP contribution in [-0.4, -0.2) is 33.5 Å². The Bertz CT molecular complexity index is 572. The molecule has 0 aliphatic heterocycles. The van der Waals surface area contributed by atoms with E-state index in [1.165, 1.54) is 31.4 Å². The second-order valence-electron chi connectivity index (χ2n) is 6.13. The molecule has 1 aromatic carbocycles. The molecule has 0 saturated heterocycles. The van der Waals surface area contributed by atoms with Crippen LogP contribution in [0.5, 0.6) is 0 Å². The van der Waals surface area contributed by atoms with E-state index < -0.39 is 13.7 Å². The third-order valence-corrected chi connectivity index (χ3v) is 7.29. The number of nitro benzene ring substituents is 1. The Morgan fingerprint density at radius 2 is 1.52 bits per heavy atom. The summed E-state index contributed by atoms with van der Waals surface area (Å²) in [5, 5.41) is 11.9. The molecule has 6 nitrogen and oxygen atoms in total. The number of allylic oxidation sites excluding steroid dienone is 1. The minimum Gasteiger partial charge on any atom is -0.370 e. The van der Waals surface area contributed by atoms with E-state index in [0.29, 0.717) is 19.8 Å². The molecule has 0 N–H and O–H groups in total. The van der Waals surface area contributed by atoms with E-state index in [9.17, 15) is 10.1 Å². The van der Waals surface area contributed by atoms with Crippen molar-refractivity contribution in [3.05, 3.63) is 46.0 Å². The molecule has 0 heterocycles. The smallest absolute Gasteiger partial charge is 0.370 e. The van der Waals surface area contributed by atoms with E-state index in [0.717, 1.165) is 23.6 Å². The van der Waals surface area contributed by atoms with E-state index in [1.807, 2.05) is 20.8 Å². The molecule has 0 atom stereocenters. The lowest BCUT2D eigenvalue weighted by molar-refractivity contribution is -0.384. The second-order valence-corrected chi connectivity index (χ2v) is 8.64. The summed E-state index contributed by atoms with van der Waals surface area (Å²) in [5.74, 6) is 0. The van der Waals surface area contributed by atoms with Gasteiger partial charge < -0.3 is 13.3 Å². The van der Waals surface area contributed by atoms with Crippen LogP contribution < -0.4 is 0 Å². The quantitative estimate of drug-likeness (QED) is 0.179. The lowest BCUT2D eigenvalue weighted by Crippen LogP contribution is -2.47. The number of hydrogen-bond acceptors (Lipinski definition) is 5. The molecule has 0 aliphatic rings. The number of rotatable bonds is 14. The highest BCUT2D eigenvalue weighted by Gasteiger charge is 2.45. The molecule has 152 valence electrons. The number of nitro groups is 1. The summed E-state index contributed by atoms with van der Waals surface area (Å²) in [6.45, 7) is 9.40. The van der Waals surface area contributed by atoms with Gasteiger partial charge in [-0.3, -0.25) is 10.1 Å². The van der Waals surface area contributed by atoms with Crippen LogP contribution in [0.25, 0.3) is 5.20 Å². The van der Waals surface area contributed by atoms with Crippen LogP contribution in [0, 0.1) is 10.1 Å². The molecular weight excluding hydrogens is 362 g/mol. The van der Waals surface area contributed by atoms with Gasteiger partial charge in [0.05, 0.1) is 4.92 Å². The average molecular weight is 396 g/mol.